The average Bonchev–Trinajstić information content (AvgIpc) is 2.63. The Morgan fingerprint density at radius 2 is 1.42 bits per heavy atom. The molecule has 0 saturated carbocycles. The van der Waals surface area contributed by atoms with Crippen molar-refractivity contribution in [3.05, 3.63) is 71.8 Å². The zero-order valence-electron chi connectivity index (χ0n) is 13.6. The molecule has 0 aliphatic heterocycles. The fraction of sp³-hybridized carbons (Fsp3) is 0.250. The Morgan fingerprint density at radius 1 is 0.875 bits per heavy atom. The van der Waals surface area contributed by atoms with Crippen LogP contribution in [0.3, 0.4) is 0 Å². The maximum Gasteiger partial charge on any atom is 0.316 e. The number of hydrogen-bond donors (Lipinski definition) is 0. The maximum absolute atomic E-state index is 12.6. The van der Waals surface area contributed by atoms with Crippen LogP contribution < -0.4 is 0 Å². The molecule has 2 aromatic carbocycles. The van der Waals surface area contributed by atoms with Gasteiger partial charge in [-0.25, -0.2) is 0 Å². The van der Waals surface area contributed by atoms with Gasteiger partial charge in [0, 0.05) is 17.5 Å². The fourth-order valence-corrected chi connectivity index (χ4v) is 2.45. The number of ketones is 2. The molecule has 0 radical (unpaired) electrons. The van der Waals surface area contributed by atoms with Crippen molar-refractivity contribution in [2.45, 2.75) is 19.8 Å². The van der Waals surface area contributed by atoms with E-state index in [2.05, 4.69) is 0 Å². The summed E-state index contributed by atoms with van der Waals surface area (Å²) in [6, 6.07) is 17.4. The van der Waals surface area contributed by atoms with Crippen LogP contribution in [-0.2, 0) is 9.53 Å². The van der Waals surface area contributed by atoms with Gasteiger partial charge in [0.15, 0.2) is 11.6 Å². The van der Waals surface area contributed by atoms with Crippen molar-refractivity contribution in [1.82, 2.24) is 0 Å². The van der Waals surface area contributed by atoms with Gasteiger partial charge in [-0.15, -0.1) is 0 Å². The van der Waals surface area contributed by atoms with Crippen molar-refractivity contribution in [2.75, 3.05) is 6.61 Å². The van der Waals surface area contributed by atoms with Gasteiger partial charge in [-0.05, 0) is 13.3 Å². The molecule has 124 valence electrons. The minimum Gasteiger partial charge on any atom is -0.465 e. The molecule has 0 N–H and O–H groups in total. The van der Waals surface area contributed by atoms with Gasteiger partial charge in [-0.3, -0.25) is 14.4 Å². The molecule has 0 saturated heterocycles. The molecule has 0 aliphatic rings. The second-order valence-corrected chi connectivity index (χ2v) is 5.36. The summed E-state index contributed by atoms with van der Waals surface area (Å²) in [6.45, 7) is 1.89. The molecule has 4 nitrogen and oxygen atoms in total. The Balaban J connectivity index is 2.10. The van der Waals surface area contributed by atoms with E-state index < -0.39 is 11.9 Å². The number of benzene rings is 2. The second kappa shape index (κ2) is 8.77. The minimum atomic E-state index is -0.958. The van der Waals surface area contributed by atoms with Gasteiger partial charge in [0.25, 0.3) is 0 Å². The smallest absolute Gasteiger partial charge is 0.316 e. The zero-order valence-corrected chi connectivity index (χ0v) is 13.6. The normalized spacial score (nSPS) is 11.5. The van der Waals surface area contributed by atoms with Crippen LogP contribution in [0.2, 0.25) is 0 Å². The Morgan fingerprint density at radius 3 is 1.96 bits per heavy atom. The summed E-state index contributed by atoms with van der Waals surface area (Å²) in [5.41, 5.74) is 1.02. The number of esters is 1. The molecule has 2 aromatic rings. The maximum atomic E-state index is 12.6. The molecule has 0 spiro atoms. The highest BCUT2D eigenvalue weighted by molar-refractivity contribution is 6.09. The molecule has 24 heavy (non-hydrogen) atoms. The van der Waals surface area contributed by atoms with E-state index >= 15 is 0 Å². The van der Waals surface area contributed by atoms with Crippen LogP contribution in [0.25, 0.3) is 0 Å². The van der Waals surface area contributed by atoms with Crippen LogP contribution in [-0.4, -0.2) is 24.1 Å². The van der Waals surface area contributed by atoms with Crippen molar-refractivity contribution >= 4 is 17.5 Å². The van der Waals surface area contributed by atoms with E-state index in [1.165, 1.54) is 0 Å². The standard InChI is InChI=1S/C20H20O4/c1-2-24-20(23)17(19(22)16-11-7-4-8-12-16)13-14-18(21)15-9-5-3-6-10-15/h3-12,17H,2,13-14H2,1H3. The summed E-state index contributed by atoms with van der Waals surface area (Å²) in [5, 5.41) is 0. The number of carbonyl (C=O) groups is 3. The summed E-state index contributed by atoms with van der Waals surface area (Å²) >= 11 is 0. The highest BCUT2D eigenvalue weighted by Crippen LogP contribution is 2.18. The van der Waals surface area contributed by atoms with E-state index in [4.69, 9.17) is 4.74 Å². The van der Waals surface area contributed by atoms with Gasteiger partial charge in [-0.2, -0.15) is 0 Å². The zero-order chi connectivity index (χ0) is 17.4. The Kier molecular flexibility index (Phi) is 6.43. The predicted octanol–water partition coefficient (Wildman–Crippen LogP) is 3.71. The molecule has 0 amide bonds. The van der Waals surface area contributed by atoms with Gasteiger partial charge in [0.2, 0.25) is 0 Å². The number of ether oxygens (including phenoxy) is 1. The number of Topliss-reactive ketones (excluding diaryl/α,β-unsaturated/α-hetero) is 2. The van der Waals surface area contributed by atoms with E-state index in [0.29, 0.717) is 11.1 Å². The predicted molar refractivity (Wildman–Crippen MR) is 90.9 cm³/mol. The first-order valence-electron chi connectivity index (χ1n) is 7.97. The lowest BCUT2D eigenvalue weighted by atomic mass is 9.91. The Bertz CT molecular complexity index is 692. The molecular weight excluding hydrogens is 304 g/mol. The van der Waals surface area contributed by atoms with Crippen LogP contribution in [0, 0.1) is 5.92 Å². The minimum absolute atomic E-state index is 0.0919. The van der Waals surface area contributed by atoms with Crippen molar-refractivity contribution < 1.29 is 19.1 Å². The first-order chi connectivity index (χ1) is 11.6. The molecular formula is C20H20O4. The van der Waals surface area contributed by atoms with E-state index in [-0.39, 0.29) is 31.0 Å². The van der Waals surface area contributed by atoms with Crippen LogP contribution in [0.4, 0.5) is 0 Å². The summed E-state index contributed by atoms with van der Waals surface area (Å²) in [4.78, 5) is 37.0. The lowest BCUT2D eigenvalue weighted by molar-refractivity contribution is -0.146. The van der Waals surface area contributed by atoms with E-state index in [0.717, 1.165) is 0 Å². The second-order valence-electron chi connectivity index (χ2n) is 5.36. The first kappa shape index (κ1) is 17.6. The van der Waals surface area contributed by atoms with Crippen LogP contribution in [0.1, 0.15) is 40.5 Å². The third kappa shape index (κ3) is 4.62. The van der Waals surface area contributed by atoms with Gasteiger partial charge in [0.1, 0.15) is 5.92 Å². The lowest BCUT2D eigenvalue weighted by Crippen LogP contribution is -2.27. The Hall–Kier alpha value is -2.75. The molecule has 1 unspecified atom stereocenters. The fourth-order valence-electron chi connectivity index (χ4n) is 2.45. The quantitative estimate of drug-likeness (QED) is 0.422. The lowest BCUT2D eigenvalue weighted by Gasteiger charge is -2.14. The summed E-state index contributed by atoms with van der Waals surface area (Å²) in [6.07, 6.45) is 0.256. The van der Waals surface area contributed by atoms with Crippen molar-refractivity contribution in [3.8, 4) is 0 Å². The van der Waals surface area contributed by atoms with E-state index in [1.54, 1.807) is 61.5 Å². The summed E-state index contributed by atoms with van der Waals surface area (Å²) in [5.74, 6) is -1.94. The number of carbonyl (C=O) groups excluding carboxylic acids is 3. The molecule has 1 atom stereocenters. The molecule has 4 heteroatoms. The molecule has 2 rings (SSSR count). The summed E-state index contributed by atoms with van der Waals surface area (Å²) in [7, 11) is 0. The highest BCUT2D eigenvalue weighted by atomic mass is 16.5. The third-order valence-corrected chi connectivity index (χ3v) is 3.70. The van der Waals surface area contributed by atoms with Crippen LogP contribution in [0.15, 0.2) is 60.7 Å². The van der Waals surface area contributed by atoms with Gasteiger partial charge in [0.05, 0.1) is 6.61 Å². The molecule has 0 fully saturated rings. The topological polar surface area (TPSA) is 60.4 Å². The average molecular weight is 324 g/mol. The van der Waals surface area contributed by atoms with Crippen molar-refractivity contribution in [2.24, 2.45) is 5.92 Å². The molecule has 0 aromatic heterocycles. The van der Waals surface area contributed by atoms with E-state index in [1.807, 2.05) is 6.07 Å². The Labute approximate surface area is 141 Å². The highest BCUT2D eigenvalue weighted by Gasteiger charge is 2.29. The number of hydrogen-bond acceptors (Lipinski definition) is 4. The van der Waals surface area contributed by atoms with Crippen LogP contribution >= 0.6 is 0 Å². The molecule has 0 bridgehead atoms. The third-order valence-electron chi connectivity index (χ3n) is 3.70. The van der Waals surface area contributed by atoms with Crippen molar-refractivity contribution in [3.63, 3.8) is 0 Å². The molecule has 0 heterocycles. The molecule has 0 aliphatic carbocycles. The largest absolute Gasteiger partial charge is 0.465 e. The monoisotopic (exact) mass is 324 g/mol. The summed E-state index contributed by atoms with van der Waals surface area (Å²) < 4.78 is 5.01. The van der Waals surface area contributed by atoms with Gasteiger partial charge >= 0.3 is 5.97 Å². The van der Waals surface area contributed by atoms with E-state index in [9.17, 15) is 14.4 Å². The van der Waals surface area contributed by atoms with Gasteiger partial charge < -0.3 is 4.74 Å². The van der Waals surface area contributed by atoms with Crippen LogP contribution in [0.5, 0.6) is 0 Å². The first-order valence-corrected chi connectivity index (χ1v) is 7.97. The van der Waals surface area contributed by atoms with Crippen molar-refractivity contribution in [1.29, 1.82) is 0 Å². The SMILES string of the molecule is CCOC(=O)C(CCC(=O)c1ccccc1)C(=O)c1ccccc1. The number of rotatable bonds is 8. The van der Waals surface area contributed by atoms with Gasteiger partial charge in [-0.1, -0.05) is 60.7 Å².